The molecule has 0 aromatic rings. The summed E-state index contributed by atoms with van der Waals surface area (Å²) in [6.07, 6.45) is 73.7. The van der Waals surface area contributed by atoms with Gasteiger partial charge in [-0.05, 0) is 109 Å². The molecule has 0 aromatic carbocycles. The van der Waals surface area contributed by atoms with E-state index >= 15 is 0 Å². The summed E-state index contributed by atoms with van der Waals surface area (Å²) < 4.78 is 23.4. The normalized spacial score (nSPS) is 15.4. The van der Waals surface area contributed by atoms with Crippen LogP contribution in [-0.2, 0) is 18.4 Å². The molecule has 0 aliphatic heterocycles. The van der Waals surface area contributed by atoms with Crippen LogP contribution in [0, 0.1) is 0 Å². The third-order valence-corrected chi connectivity index (χ3v) is 10.7. The third-order valence-electron chi connectivity index (χ3n) is 9.71. The second-order valence-electron chi connectivity index (χ2n) is 17.1. The molecule has 0 rings (SSSR count). The Balaban J connectivity index is 4.18. The molecule has 0 aliphatic carbocycles. The topological polar surface area (TPSA) is 105 Å². The van der Waals surface area contributed by atoms with E-state index in [4.69, 9.17) is 9.05 Å². The van der Waals surface area contributed by atoms with Crippen molar-refractivity contribution in [3.63, 3.8) is 0 Å². The molecule has 8 nitrogen and oxygen atoms in total. The first kappa shape index (κ1) is 62.1. The predicted octanol–water partition coefficient (Wildman–Crippen LogP) is 14.7. The molecule has 0 aliphatic rings. The van der Waals surface area contributed by atoms with Crippen LogP contribution in [0.15, 0.2) is 158 Å². The van der Waals surface area contributed by atoms with E-state index in [1.165, 1.54) is 0 Å². The maximum atomic E-state index is 12.8. The lowest BCUT2D eigenvalue weighted by atomic mass is 10.1. The first-order valence-corrected chi connectivity index (χ1v) is 26.4. The Kier molecular flexibility index (Phi) is 43.5. The number of allylic oxidation sites excluding steroid dienone is 25. The largest absolute Gasteiger partial charge is 0.472 e. The number of nitrogens with zero attached hydrogens (tertiary/aromatic N) is 1. The molecular weight excluding hydrogens is 840 g/mol. The summed E-state index contributed by atoms with van der Waals surface area (Å²) in [5.74, 6) is -0.233. The van der Waals surface area contributed by atoms with Crippen molar-refractivity contribution in [2.24, 2.45) is 0 Å². The van der Waals surface area contributed by atoms with Crippen LogP contribution >= 0.6 is 7.82 Å². The van der Waals surface area contributed by atoms with Crippen molar-refractivity contribution in [3.8, 4) is 0 Å². The highest BCUT2D eigenvalue weighted by molar-refractivity contribution is 7.47. The maximum Gasteiger partial charge on any atom is 0.472 e. The molecule has 3 atom stereocenters. The highest BCUT2D eigenvalue weighted by Crippen LogP contribution is 2.43. The van der Waals surface area contributed by atoms with Gasteiger partial charge in [-0.2, -0.15) is 0 Å². The van der Waals surface area contributed by atoms with E-state index in [9.17, 15) is 19.4 Å². The van der Waals surface area contributed by atoms with E-state index in [-0.39, 0.29) is 19.1 Å². The van der Waals surface area contributed by atoms with Gasteiger partial charge in [0.05, 0.1) is 39.9 Å². The number of hydrogen-bond acceptors (Lipinski definition) is 5. The number of aliphatic hydroxyl groups excluding tert-OH is 1. The summed E-state index contributed by atoms with van der Waals surface area (Å²) in [5, 5.41) is 13.6. The number of unbranched alkanes of at least 4 members (excludes halogenated alkanes) is 5. The van der Waals surface area contributed by atoms with Crippen LogP contribution in [0.2, 0.25) is 0 Å². The van der Waals surface area contributed by atoms with Crippen LogP contribution in [0.3, 0.4) is 0 Å². The number of carbonyl (C=O) groups excluding carboxylic acids is 1. The zero-order valence-corrected chi connectivity index (χ0v) is 42.7. The number of quaternary nitrogens is 1. The highest BCUT2D eigenvalue weighted by atomic mass is 31.2. The number of nitrogens with one attached hydrogen (secondary N) is 1. The number of phosphoric ester groups is 1. The van der Waals surface area contributed by atoms with Gasteiger partial charge in [-0.15, -0.1) is 0 Å². The number of hydrogen-bond donors (Lipinski definition) is 3. The Morgan fingerprint density at radius 2 is 0.924 bits per heavy atom. The fraction of sp³-hybridized carbons (Fsp3) is 0.526. The van der Waals surface area contributed by atoms with Crippen LogP contribution in [0.25, 0.3) is 0 Å². The van der Waals surface area contributed by atoms with E-state index in [2.05, 4.69) is 165 Å². The molecule has 0 fully saturated rings. The molecule has 0 saturated carbocycles. The van der Waals surface area contributed by atoms with Gasteiger partial charge in [-0.1, -0.05) is 185 Å². The fourth-order valence-corrected chi connectivity index (χ4v) is 6.57. The lowest BCUT2D eigenvalue weighted by Crippen LogP contribution is -2.45. The van der Waals surface area contributed by atoms with Crippen LogP contribution in [0.1, 0.15) is 142 Å². The molecule has 0 heterocycles. The van der Waals surface area contributed by atoms with Gasteiger partial charge in [0, 0.05) is 6.42 Å². The molecule has 1 amide bonds. The first-order valence-electron chi connectivity index (χ1n) is 24.9. The SMILES string of the molecule is CC/C=C\C/C=C\C/C=C\C/C=C\C/C=C\C/C=C\C/C=C\C/C=C\C/C=C\C/C=C\C/C=C\CCCCCC(=O)NC(COP(=O)(O)OCC[N+](C)(C)C)C(O)/C=C/CC/C=C/CCC. The van der Waals surface area contributed by atoms with Crippen molar-refractivity contribution in [3.05, 3.63) is 158 Å². The zero-order valence-electron chi connectivity index (χ0n) is 41.9. The van der Waals surface area contributed by atoms with Crippen molar-refractivity contribution in [2.75, 3.05) is 40.9 Å². The summed E-state index contributed by atoms with van der Waals surface area (Å²) in [7, 11) is 1.50. The van der Waals surface area contributed by atoms with E-state index in [0.29, 0.717) is 23.9 Å². The summed E-state index contributed by atoms with van der Waals surface area (Å²) in [4.78, 5) is 23.0. The number of amides is 1. The summed E-state index contributed by atoms with van der Waals surface area (Å²) in [5.41, 5.74) is 0. The van der Waals surface area contributed by atoms with Gasteiger partial charge in [0.2, 0.25) is 5.91 Å². The second kappa shape index (κ2) is 46.2. The Hall–Kier alpha value is -3.88. The molecular formula is C57H92N2O6P+. The smallest absolute Gasteiger partial charge is 0.387 e. The molecule has 0 spiro atoms. The minimum absolute atomic E-state index is 0.0393. The highest BCUT2D eigenvalue weighted by Gasteiger charge is 2.27. The predicted molar refractivity (Wildman–Crippen MR) is 285 cm³/mol. The van der Waals surface area contributed by atoms with Gasteiger partial charge in [-0.25, -0.2) is 4.57 Å². The van der Waals surface area contributed by atoms with Gasteiger partial charge in [0.1, 0.15) is 13.2 Å². The molecule has 0 bridgehead atoms. The molecule has 0 saturated heterocycles. The number of phosphoric acid groups is 1. The monoisotopic (exact) mass is 932 g/mol. The Labute approximate surface area is 403 Å². The van der Waals surface area contributed by atoms with Gasteiger partial charge in [0.15, 0.2) is 0 Å². The average molecular weight is 932 g/mol. The molecule has 66 heavy (non-hydrogen) atoms. The summed E-state index contributed by atoms with van der Waals surface area (Å²) >= 11 is 0. The molecule has 370 valence electrons. The molecule has 0 radical (unpaired) electrons. The Morgan fingerprint density at radius 1 is 0.530 bits per heavy atom. The van der Waals surface area contributed by atoms with Crippen LogP contribution < -0.4 is 5.32 Å². The number of carbonyl (C=O) groups is 1. The van der Waals surface area contributed by atoms with Gasteiger partial charge in [0.25, 0.3) is 0 Å². The second-order valence-corrected chi connectivity index (χ2v) is 18.5. The molecule has 0 aromatic heterocycles. The molecule has 3 unspecified atom stereocenters. The standard InChI is InChI=1S/C57H91N2O6P/c1-6-8-10-12-14-15-16-17-18-19-20-21-22-23-24-25-26-27-28-29-30-31-32-33-34-35-36-37-38-39-40-41-42-43-45-47-49-51-57(61)58-55(56(60)50-48-46-44-13-11-9-7-2)54-65-66(62,63)64-53-52-59(3,4)5/h8,10-11,13-15,17-18,20-21,23-24,26-27,29-30,32-33,35-36,38-39,41-42,48,50,55-56,60H,6-7,9,12,16,19,22,25,28,31,34,37,40,43-47,49,51-54H2,1-5H3,(H-,58,61,62,63)/p+1/b10-8-,13-11+,15-14-,18-17-,21-20-,24-23-,27-26-,30-29-,33-32-,36-35-,39-38-,42-41-,50-48+. The maximum absolute atomic E-state index is 12.8. The fourth-order valence-electron chi connectivity index (χ4n) is 5.83. The van der Waals surface area contributed by atoms with Crippen molar-refractivity contribution < 1.29 is 32.9 Å². The van der Waals surface area contributed by atoms with Crippen molar-refractivity contribution in [1.82, 2.24) is 5.32 Å². The quantitative estimate of drug-likeness (QED) is 0.0244. The van der Waals surface area contributed by atoms with Gasteiger partial charge >= 0.3 is 7.82 Å². The number of likely N-dealkylation sites (N-methyl/N-ethyl adjacent to an activating group) is 1. The third kappa shape index (κ3) is 48.1. The van der Waals surface area contributed by atoms with Crippen LogP contribution in [-0.4, -0.2) is 73.4 Å². The van der Waals surface area contributed by atoms with Crippen LogP contribution in [0.4, 0.5) is 0 Å². The van der Waals surface area contributed by atoms with Gasteiger partial charge < -0.3 is 19.8 Å². The lowest BCUT2D eigenvalue weighted by Gasteiger charge is -2.25. The van der Waals surface area contributed by atoms with Gasteiger partial charge in [-0.3, -0.25) is 13.8 Å². The van der Waals surface area contributed by atoms with Crippen molar-refractivity contribution in [1.29, 1.82) is 0 Å². The van der Waals surface area contributed by atoms with Crippen LogP contribution in [0.5, 0.6) is 0 Å². The van der Waals surface area contributed by atoms with E-state index in [1.807, 2.05) is 27.2 Å². The van der Waals surface area contributed by atoms with E-state index < -0.39 is 20.0 Å². The first-order chi connectivity index (χ1) is 32.0. The van der Waals surface area contributed by atoms with E-state index in [0.717, 1.165) is 116 Å². The van der Waals surface area contributed by atoms with Crippen molar-refractivity contribution >= 4 is 13.7 Å². The number of aliphatic hydroxyl groups is 1. The molecule has 9 heteroatoms. The molecule has 3 N–H and O–H groups in total. The Morgan fingerprint density at radius 3 is 1.35 bits per heavy atom. The average Bonchev–Trinajstić information content (AvgIpc) is 3.28. The van der Waals surface area contributed by atoms with Crippen molar-refractivity contribution in [2.45, 2.75) is 154 Å². The Bertz CT molecular complexity index is 1620. The summed E-state index contributed by atoms with van der Waals surface area (Å²) in [6.45, 7) is 4.49. The minimum Gasteiger partial charge on any atom is -0.387 e. The zero-order chi connectivity index (χ0) is 48.5. The lowest BCUT2D eigenvalue weighted by molar-refractivity contribution is -0.870. The van der Waals surface area contributed by atoms with E-state index in [1.54, 1.807) is 6.08 Å². The summed E-state index contributed by atoms with van der Waals surface area (Å²) in [6, 6.07) is -0.890. The number of rotatable bonds is 42. The minimum atomic E-state index is -4.36.